The van der Waals surface area contributed by atoms with Gasteiger partial charge in [-0.1, -0.05) is 99.9 Å². The maximum absolute atomic E-state index is 13.1. The molecule has 0 unspecified atom stereocenters. The largest absolute Gasteiger partial charge is 0.320 e. The van der Waals surface area contributed by atoms with Crippen molar-refractivity contribution in [2.24, 2.45) is 10.2 Å². The highest BCUT2D eigenvalue weighted by atomic mass is 28.3. The Hall–Kier alpha value is -2.52. The van der Waals surface area contributed by atoms with Crippen LogP contribution < -0.4 is 0 Å². The molecular weight excluding hydrogens is 440 g/mol. The Kier molecular flexibility index (Phi) is 8.07. The van der Waals surface area contributed by atoms with Gasteiger partial charge in [0, 0.05) is 6.42 Å². The van der Waals surface area contributed by atoms with Crippen molar-refractivity contribution < 1.29 is 4.79 Å². The van der Waals surface area contributed by atoms with Gasteiger partial charge in [-0.05, 0) is 24.0 Å². The fourth-order valence-electron chi connectivity index (χ4n) is 3.65. The molecule has 0 radical (unpaired) electrons. The van der Waals surface area contributed by atoms with Crippen molar-refractivity contribution >= 4 is 33.7 Å². The van der Waals surface area contributed by atoms with E-state index in [1.165, 1.54) is 11.1 Å². The zero-order valence-corrected chi connectivity index (χ0v) is 23.0. The molecule has 0 N–H and O–H groups in total. The number of carbonyl (C=O) groups excluding carboxylic acids is 1. The van der Waals surface area contributed by atoms with Crippen LogP contribution in [0.4, 0.5) is 0 Å². The van der Waals surface area contributed by atoms with E-state index in [1.807, 2.05) is 12.1 Å². The summed E-state index contributed by atoms with van der Waals surface area (Å²) in [6.07, 6.45) is 2.19. The first-order chi connectivity index (χ1) is 15.5. The van der Waals surface area contributed by atoms with Gasteiger partial charge >= 0.3 is 0 Å². The third kappa shape index (κ3) is 7.23. The van der Waals surface area contributed by atoms with Gasteiger partial charge in [-0.25, -0.2) is 0 Å². The summed E-state index contributed by atoms with van der Waals surface area (Å²) >= 11 is 0. The monoisotopic (exact) mass is 478 g/mol. The SMILES string of the molecule is C[Si](C)(C)N(Cc1ccccc1)/N=C1/CCCC(=O)/C1=N\N(Cc1ccccc1)[Si](C)(C)C. The van der Waals surface area contributed by atoms with Gasteiger partial charge in [-0.2, -0.15) is 10.2 Å². The third-order valence-electron chi connectivity index (χ3n) is 5.72. The molecule has 1 aliphatic carbocycles. The van der Waals surface area contributed by atoms with Crippen LogP contribution in [0.5, 0.6) is 0 Å². The van der Waals surface area contributed by atoms with Crippen LogP contribution in [0.1, 0.15) is 30.4 Å². The topological polar surface area (TPSA) is 48.3 Å². The van der Waals surface area contributed by atoms with Crippen LogP contribution in [0.15, 0.2) is 70.9 Å². The fraction of sp³-hybridized carbons (Fsp3) is 0.423. The maximum atomic E-state index is 13.1. The maximum Gasteiger partial charge on any atom is 0.184 e. The molecule has 5 nitrogen and oxygen atoms in total. The van der Waals surface area contributed by atoms with E-state index < -0.39 is 16.5 Å². The molecule has 7 heteroatoms. The minimum atomic E-state index is -1.82. The molecule has 33 heavy (non-hydrogen) atoms. The lowest BCUT2D eigenvalue weighted by Gasteiger charge is -2.35. The van der Waals surface area contributed by atoms with E-state index in [4.69, 9.17) is 10.2 Å². The Balaban J connectivity index is 1.98. The molecule has 0 atom stereocenters. The number of hydrogen-bond acceptors (Lipinski definition) is 5. The van der Waals surface area contributed by atoms with Crippen molar-refractivity contribution in [3.8, 4) is 0 Å². The van der Waals surface area contributed by atoms with E-state index in [-0.39, 0.29) is 5.78 Å². The van der Waals surface area contributed by atoms with Gasteiger partial charge in [0.2, 0.25) is 0 Å². The molecule has 1 fully saturated rings. The third-order valence-corrected chi connectivity index (χ3v) is 9.33. The summed E-state index contributed by atoms with van der Waals surface area (Å²) in [6, 6.07) is 20.8. The van der Waals surface area contributed by atoms with E-state index in [2.05, 4.69) is 97.2 Å². The molecule has 0 amide bonds. The number of hydrazone groups is 2. The van der Waals surface area contributed by atoms with Crippen LogP contribution in [0.25, 0.3) is 0 Å². The second-order valence-corrected chi connectivity index (χ2v) is 20.4. The predicted octanol–water partition coefficient (Wildman–Crippen LogP) is 6.13. The van der Waals surface area contributed by atoms with Crippen molar-refractivity contribution in [2.45, 2.75) is 71.6 Å². The highest BCUT2D eigenvalue weighted by Gasteiger charge is 2.31. The van der Waals surface area contributed by atoms with Crippen molar-refractivity contribution in [3.63, 3.8) is 0 Å². The first-order valence-electron chi connectivity index (χ1n) is 11.9. The van der Waals surface area contributed by atoms with Crippen molar-refractivity contribution in [1.82, 2.24) is 9.35 Å². The van der Waals surface area contributed by atoms with Gasteiger partial charge in [0.15, 0.2) is 22.3 Å². The van der Waals surface area contributed by atoms with E-state index in [0.717, 1.165) is 25.1 Å². The first-order valence-corrected chi connectivity index (χ1v) is 18.8. The summed E-state index contributed by atoms with van der Waals surface area (Å²) in [5.74, 6) is 0.117. The highest BCUT2D eigenvalue weighted by molar-refractivity contribution is 6.75. The minimum absolute atomic E-state index is 0.117. The van der Waals surface area contributed by atoms with Gasteiger partial charge in [0.05, 0.1) is 18.8 Å². The van der Waals surface area contributed by atoms with E-state index in [0.29, 0.717) is 18.7 Å². The van der Waals surface area contributed by atoms with E-state index >= 15 is 0 Å². The summed E-state index contributed by atoms with van der Waals surface area (Å²) in [5, 5.41) is 10.2. The summed E-state index contributed by atoms with van der Waals surface area (Å²) in [7, 11) is -3.58. The quantitative estimate of drug-likeness (QED) is 0.339. The highest BCUT2D eigenvalue weighted by Crippen LogP contribution is 2.21. The van der Waals surface area contributed by atoms with Crippen LogP contribution in [0.3, 0.4) is 0 Å². The lowest BCUT2D eigenvalue weighted by Crippen LogP contribution is -2.46. The molecule has 0 aliphatic heterocycles. The number of carbonyl (C=O) groups is 1. The molecule has 2 aromatic rings. The second kappa shape index (κ2) is 10.6. The van der Waals surface area contributed by atoms with E-state index in [1.54, 1.807) is 0 Å². The Labute approximate surface area is 201 Å². The van der Waals surface area contributed by atoms with Gasteiger partial charge in [0.1, 0.15) is 5.71 Å². The van der Waals surface area contributed by atoms with Crippen LogP contribution in [-0.2, 0) is 17.9 Å². The molecule has 1 saturated carbocycles. The number of hydrogen-bond donors (Lipinski definition) is 0. The van der Waals surface area contributed by atoms with E-state index in [9.17, 15) is 4.79 Å². The fourth-order valence-corrected chi connectivity index (χ4v) is 5.78. The molecule has 0 saturated heterocycles. The van der Waals surface area contributed by atoms with Gasteiger partial charge < -0.3 is 9.35 Å². The van der Waals surface area contributed by atoms with Crippen LogP contribution in [-0.4, -0.2) is 43.0 Å². The standard InChI is InChI=1S/C26H38N4OSi2/c1-32(2,3)29(20-22-14-9-7-10-15-22)27-24-18-13-19-25(31)26(24)28-30(33(4,5)6)21-23-16-11-8-12-17-23/h7-12,14-17H,13,18-21H2,1-6H3/b27-24-,28-26-. The molecular formula is C26H38N4OSi2. The van der Waals surface area contributed by atoms with Crippen molar-refractivity contribution in [1.29, 1.82) is 0 Å². The molecule has 0 aromatic heterocycles. The molecule has 0 bridgehead atoms. The Morgan fingerprint density at radius 1 is 0.697 bits per heavy atom. The molecule has 0 spiro atoms. The minimum Gasteiger partial charge on any atom is -0.320 e. The summed E-state index contributed by atoms with van der Waals surface area (Å²) in [5.41, 5.74) is 3.85. The zero-order chi connectivity index (χ0) is 24.1. The number of benzene rings is 2. The number of rotatable bonds is 8. The smallest absolute Gasteiger partial charge is 0.184 e. The number of nitrogens with zero attached hydrogens (tertiary/aromatic N) is 4. The Morgan fingerprint density at radius 3 is 1.61 bits per heavy atom. The zero-order valence-electron chi connectivity index (χ0n) is 21.0. The van der Waals surface area contributed by atoms with Crippen molar-refractivity contribution in [3.05, 3.63) is 71.8 Å². The first kappa shape index (κ1) is 25.1. The van der Waals surface area contributed by atoms with Crippen LogP contribution >= 0.6 is 0 Å². The second-order valence-electron chi connectivity index (χ2n) is 10.7. The number of Topliss-reactive ketones (excluding diaryl/α,β-unsaturated/α-hetero) is 1. The summed E-state index contributed by atoms with van der Waals surface area (Å²) in [4.78, 5) is 13.1. The Morgan fingerprint density at radius 2 is 1.15 bits per heavy atom. The van der Waals surface area contributed by atoms with Gasteiger partial charge in [-0.15, -0.1) is 0 Å². The van der Waals surface area contributed by atoms with Crippen LogP contribution in [0.2, 0.25) is 39.3 Å². The molecule has 176 valence electrons. The van der Waals surface area contributed by atoms with Crippen molar-refractivity contribution in [2.75, 3.05) is 0 Å². The average Bonchev–Trinajstić information content (AvgIpc) is 2.75. The summed E-state index contributed by atoms with van der Waals surface area (Å²) < 4.78 is 4.41. The molecule has 2 aromatic carbocycles. The number of ketones is 1. The van der Waals surface area contributed by atoms with Gasteiger partial charge in [0.25, 0.3) is 0 Å². The molecule has 3 rings (SSSR count). The molecule has 1 aliphatic rings. The molecule has 0 heterocycles. The average molecular weight is 479 g/mol. The van der Waals surface area contributed by atoms with Crippen LogP contribution in [0, 0.1) is 0 Å². The summed E-state index contributed by atoms with van der Waals surface area (Å²) in [6.45, 7) is 15.2. The predicted molar refractivity (Wildman–Crippen MR) is 144 cm³/mol. The Bertz CT molecular complexity index is 992. The normalized spacial score (nSPS) is 17.5. The van der Waals surface area contributed by atoms with Gasteiger partial charge in [-0.3, -0.25) is 4.79 Å². The lowest BCUT2D eigenvalue weighted by molar-refractivity contribution is -0.113. The lowest BCUT2D eigenvalue weighted by atomic mass is 9.95.